The highest BCUT2D eigenvalue weighted by molar-refractivity contribution is 5.93. The summed E-state index contributed by atoms with van der Waals surface area (Å²) in [6.07, 6.45) is 9.66. The second-order valence-electron chi connectivity index (χ2n) is 5.90. The maximum absolute atomic E-state index is 11.9. The lowest BCUT2D eigenvalue weighted by atomic mass is 9.95. The molecule has 114 valence electrons. The molecular formula is C16H23N3O2. The van der Waals surface area contributed by atoms with Crippen molar-refractivity contribution < 1.29 is 9.53 Å². The van der Waals surface area contributed by atoms with Crippen LogP contribution >= 0.6 is 0 Å². The number of amides is 1. The molecule has 5 heteroatoms. The fraction of sp³-hybridized carbons (Fsp3) is 0.625. The van der Waals surface area contributed by atoms with Gasteiger partial charge >= 0.3 is 0 Å². The summed E-state index contributed by atoms with van der Waals surface area (Å²) in [7, 11) is 0. The van der Waals surface area contributed by atoms with Gasteiger partial charge in [0, 0.05) is 12.6 Å². The second kappa shape index (κ2) is 6.89. The molecule has 0 aromatic carbocycles. The van der Waals surface area contributed by atoms with Crippen LogP contribution in [0.5, 0.6) is 0 Å². The number of hydrogen-bond donors (Lipinski definition) is 2. The lowest BCUT2D eigenvalue weighted by Gasteiger charge is -2.23. The molecule has 0 bridgehead atoms. The van der Waals surface area contributed by atoms with Crippen LogP contribution in [-0.2, 0) is 9.53 Å². The first kappa shape index (κ1) is 14.3. The number of carbonyl (C=O) groups is 1. The van der Waals surface area contributed by atoms with Gasteiger partial charge in [-0.3, -0.25) is 4.79 Å². The van der Waals surface area contributed by atoms with Gasteiger partial charge in [0.05, 0.1) is 11.9 Å². The van der Waals surface area contributed by atoms with E-state index in [9.17, 15) is 4.79 Å². The van der Waals surface area contributed by atoms with Crippen LogP contribution in [0, 0.1) is 0 Å². The molecule has 1 saturated heterocycles. The van der Waals surface area contributed by atoms with Gasteiger partial charge in [-0.2, -0.15) is 0 Å². The van der Waals surface area contributed by atoms with Crippen LogP contribution in [-0.4, -0.2) is 29.6 Å². The molecule has 1 aromatic heterocycles. The summed E-state index contributed by atoms with van der Waals surface area (Å²) in [6.45, 7) is 0.676. The lowest BCUT2D eigenvalue weighted by Crippen LogP contribution is -2.27. The third-order valence-electron chi connectivity index (χ3n) is 4.21. The number of rotatable bonds is 4. The Labute approximate surface area is 125 Å². The Morgan fingerprint density at radius 1 is 1.14 bits per heavy atom. The van der Waals surface area contributed by atoms with Crippen LogP contribution in [0.25, 0.3) is 0 Å². The molecular weight excluding hydrogens is 266 g/mol. The fourth-order valence-electron chi connectivity index (χ4n) is 3.03. The molecule has 2 heterocycles. The highest BCUT2D eigenvalue weighted by Crippen LogP contribution is 2.22. The molecule has 1 amide bonds. The molecule has 2 aliphatic rings. The lowest BCUT2D eigenvalue weighted by molar-refractivity contribution is -0.124. The van der Waals surface area contributed by atoms with Crippen molar-refractivity contribution in [2.24, 2.45) is 0 Å². The third kappa shape index (κ3) is 3.94. The van der Waals surface area contributed by atoms with Crippen molar-refractivity contribution in [3.63, 3.8) is 0 Å². The molecule has 5 nitrogen and oxygen atoms in total. The molecule has 1 unspecified atom stereocenters. The van der Waals surface area contributed by atoms with Gasteiger partial charge in [-0.15, -0.1) is 0 Å². The highest BCUT2D eigenvalue weighted by Gasteiger charge is 2.23. The normalized spacial score (nSPS) is 23.0. The minimum atomic E-state index is -0.313. The Balaban J connectivity index is 1.52. The number of nitrogens with one attached hydrogen (secondary N) is 2. The first-order valence-electron chi connectivity index (χ1n) is 7.96. The van der Waals surface area contributed by atoms with Gasteiger partial charge in [-0.1, -0.05) is 19.3 Å². The Kier molecular flexibility index (Phi) is 4.70. The van der Waals surface area contributed by atoms with E-state index in [2.05, 4.69) is 15.6 Å². The molecule has 21 heavy (non-hydrogen) atoms. The summed E-state index contributed by atoms with van der Waals surface area (Å²) in [4.78, 5) is 16.2. The first-order valence-corrected chi connectivity index (χ1v) is 7.96. The second-order valence-corrected chi connectivity index (χ2v) is 5.90. The summed E-state index contributed by atoms with van der Waals surface area (Å²) < 4.78 is 5.36. The van der Waals surface area contributed by atoms with E-state index < -0.39 is 0 Å². The van der Waals surface area contributed by atoms with Crippen LogP contribution in [0.4, 0.5) is 11.5 Å². The fourth-order valence-corrected chi connectivity index (χ4v) is 3.03. The number of anilines is 2. The van der Waals surface area contributed by atoms with E-state index in [1.165, 1.54) is 32.1 Å². The van der Waals surface area contributed by atoms with Crippen LogP contribution in [0.2, 0.25) is 0 Å². The SMILES string of the molecule is O=C(Nc1ccc(NC2CCCCC2)cn1)C1CCCO1. The van der Waals surface area contributed by atoms with Gasteiger partial charge in [-0.05, 0) is 37.8 Å². The van der Waals surface area contributed by atoms with Gasteiger partial charge in [0.15, 0.2) is 0 Å². The Morgan fingerprint density at radius 3 is 2.67 bits per heavy atom. The number of aromatic nitrogens is 1. The number of ether oxygens (including phenoxy) is 1. The van der Waals surface area contributed by atoms with Gasteiger partial charge in [0.25, 0.3) is 5.91 Å². The van der Waals surface area contributed by atoms with E-state index in [1.807, 2.05) is 12.1 Å². The molecule has 3 rings (SSSR count). The zero-order valence-corrected chi connectivity index (χ0v) is 12.3. The first-order chi connectivity index (χ1) is 10.3. The molecule has 2 N–H and O–H groups in total. The predicted molar refractivity (Wildman–Crippen MR) is 82.3 cm³/mol. The Morgan fingerprint density at radius 2 is 2.00 bits per heavy atom. The quantitative estimate of drug-likeness (QED) is 0.894. The molecule has 1 atom stereocenters. The van der Waals surface area contributed by atoms with E-state index in [0.29, 0.717) is 18.5 Å². The summed E-state index contributed by atoms with van der Waals surface area (Å²) in [6, 6.07) is 4.39. The van der Waals surface area contributed by atoms with E-state index in [1.54, 1.807) is 6.20 Å². The summed E-state index contributed by atoms with van der Waals surface area (Å²) >= 11 is 0. The third-order valence-corrected chi connectivity index (χ3v) is 4.21. The summed E-state index contributed by atoms with van der Waals surface area (Å²) in [5, 5.41) is 6.33. The van der Waals surface area contributed by atoms with Crippen molar-refractivity contribution in [2.75, 3.05) is 17.2 Å². The molecule has 1 aromatic rings. The van der Waals surface area contributed by atoms with Gasteiger partial charge in [-0.25, -0.2) is 4.98 Å². The van der Waals surface area contributed by atoms with E-state index in [0.717, 1.165) is 18.5 Å². The van der Waals surface area contributed by atoms with Gasteiger partial charge in [0.2, 0.25) is 0 Å². The monoisotopic (exact) mass is 289 g/mol. The molecule has 0 radical (unpaired) electrons. The minimum absolute atomic E-state index is 0.0898. The maximum Gasteiger partial charge on any atom is 0.254 e. The molecule has 1 saturated carbocycles. The Hall–Kier alpha value is -1.62. The van der Waals surface area contributed by atoms with E-state index >= 15 is 0 Å². The summed E-state index contributed by atoms with van der Waals surface area (Å²) in [5.41, 5.74) is 1.03. The summed E-state index contributed by atoms with van der Waals surface area (Å²) in [5.74, 6) is 0.498. The smallest absolute Gasteiger partial charge is 0.254 e. The zero-order valence-electron chi connectivity index (χ0n) is 12.3. The van der Waals surface area contributed by atoms with E-state index in [-0.39, 0.29) is 12.0 Å². The van der Waals surface area contributed by atoms with Crippen LogP contribution in [0.15, 0.2) is 18.3 Å². The standard InChI is InChI=1S/C16H23N3O2/c20-16(14-7-4-10-21-14)19-15-9-8-13(11-17-15)18-12-5-2-1-3-6-12/h8-9,11-12,14,18H,1-7,10H2,(H,17,19,20). The molecule has 0 spiro atoms. The average molecular weight is 289 g/mol. The minimum Gasteiger partial charge on any atom is -0.381 e. The maximum atomic E-state index is 11.9. The van der Waals surface area contributed by atoms with Crippen molar-refractivity contribution in [2.45, 2.75) is 57.1 Å². The predicted octanol–water partition coefficient (Wildman–Crippen LogP) is 2.94. The van der Waals surface area contributed by atoms with Crippen molar-refractivity contribution in [3.8, 4) is 0 Å². The van der Waals surface area contributed by atoms with E-state index in [4.69, 9.17) is 4.74 Å². The molecule has 1 aliphatic carbocycles. The Bertz CT molecular complexity index is 463. The topological polar surface area (TPSA) is 63.2 Å². The average Bonchev–Trinajstić information content (AvgIpc) is 3.05. The van der Waals surface area contributed by atoms with Crippen molar-refractivity contribution in [1.29, 1.82) is 0 Å². The van der Waals surface area contributed by atoms with Crippen molar-refractivity contribution >= 4 is 17.4 Å². The van der Waals surface area contributed by atoms with Gasteiger partial charge in [0.1, 0.15) is 11.9 Å². The van der Waals surface area contributed by atoms with Crippen LogP contribution in [0.1, 0.15) is 44.9 Å². The molecule has 2 fully saturated rings. The van der Waals surface area contributed by atoms with Crippen LogP contribution in [0.3, 0.4) is 0 Å². The van der Waals surface area contributed by atoms with Gasteiger partial charge < -0.3 is 15.4 Å². The number of nitrogens with zero attached hydrogens (tertiary/aromatic N) is 1. The zero-order chi connectivity index (χ0) is 14.5. The number of carbonyl (C=O) groups excluding carboxylic acids is 1. The largest absolute Gasteiger partial charge is 0.381 e. The van der Waals surface area contributed by atoms with Crippen LogP contribution < -0.4 is 10.6 Å². The van der Waals surface area contributed by atoms with Crippen molar-refractivity contribution in [3.05, 3.63) is 18.3 Å². The van der Waals surface area contributed by atoms with Crippen molar-refractivity contribution in [1.82, 2.24) is 4.98 Å². The highest BCUT2D eigenvalue weighted by atomic mass is 16.5. The molecule has 1 aliphatic heterocycles. The number of hydrogen-bond acceptors (Lipinski definition) is 4. The number of pyridine rings is 1.